The summed E-state index contributed by atoms with van der Waals surface area (Å²) < 4.78 is 45.0. The second kappa shape index (κ2) is 7.21. The van der Waals surface area contributed by atoms with Crippen LogP contribution in [-0.2, 0) is 10.9 Å². The number of rotatable bonds is 4. The fourth-order valence-electron chi connectivity index (χ4n) is 2.22. The molecule has 0 atom stereocenters. The van der Waals surface area contributed by atoms with Gasteiger partial charge in [-0.3, -0.25) is 0 Å². The van der Waals surface area contributed by atoms with E-state index in [1.54, 1.807) is 20.1 Å². The lowest BCUT2D eigenvalue weighted by molar-refractivity contribution is -0.137. The molecule has 2 aromatic rings. The molecule has 2 rings (SSSR count). The predicted molar refractivity (Wildman–Crippen MR) is 84.9 cm³/mol. The van der Waals surface area contributed by atoms with Gasteiger partial charge in [-0.05, 0) is 26.2 Å². The molecule has 0 aliphatic heterocycles. The normalized spacial score (nSPS) is 11.4. The Bertz CT molecular complexity index is 763. The zero-order chi connectivity index (χ0) is 17.9. The van der Waals surface area contributed by atoms with Gasteiger partial charge >= 0.3 is 12.1 Å². The van der Waals surface area contributed by atoms with E-state index in [2.05, 4.69) is 9.97 Å². The SMILES string of the molecule is CCOC(=O)c1c(C)nc(SC)nc1-c1ccccc1C(F)(F)F. The van der Waals surface area contributed by atoms with Crippen LogP contribution in [-0.4, -0.2) is 28.8 Å². The number of carbonyl (C=O) groups is 1. The molecule has 0 bridgehead atoms. The van der Waals surface area contributed by atoms with Gasteiger partial charge in [0.05, 0.1) is 23.6 Å². The van der Waals surface area contributed by atoms with E-state index >= 15 is 0 Å². The van der Waals surface area contributed by atoms with E-state index in [1.165, 1.54) is 30.0 Å². The predicted octanol–water partition coefficient (Wildman–Crippen LogP) is 4.37. The van der Waals surface area contributed by atoms with Crippen molar-refractivity contribution in [2.75, 3.05) is 12.9 Å². The van der Waals surface area contributed by atoms with Gasteiger partial charge in [-0.25, -0.2) is 14.8 Å². The number of ether oxygens (including phenoxy) is 1. The summed E-state index contributed by atoms with van der Waals surface area (Å²) in [5.74, 6) is -0.741. The summed E-state index contributed by atoms with van der Waals surface area (Å²) in [6, 6.07) is 5.01. The lowest BCUT2D eigenvalue weighted by Gasteiger charge is -2.16. The van der Waals surface area contributed by atoms with E-state index in [-0.39, 0.29) is 34.3 Å². The highest BCUT2D eigenvalue weighted by molar-refractivity contribution is 7.98. The topological polar surface area (TPSA) is 52.1 Å². The summed E-state index contributed by atoms with van der Waals surface area (Å²) in [4.78, 5) is 20.5. The van der Waals surface area contributed by atoms with Gasteiger partial charge in [-0.2, -0.15) is 13.2 Å². The minimum absolute atomic E-state index is 0.0497. The second-order valence-corrected chi connectivity index (χ2v) is 5.56. The maximum absolute atomic E-state index is 13.3. The Kier molecular flexibility index (Phi) is 5.48. The molecule has 128 valence electrons. The van der Waals surface area contributed by atoms with Crippen LogP contribution in [0.1, 0.15) is 28.5 Å². The molecule has 0 N–H and O–H groups in total. The third-order valence-corrected chi connectivity index (χ3v) is 3.77. The van der Waals surface area contributed by atoms with Crippen LogP contribution < -0.4 is 0 Å². The lowest BCUT2D eigenvalue weighted by atomic mass is 9.99. The number of benzene rings is 1. The van der Waals surface area contributed by atoms with Gasteiger partial charge in [0.25, 0.3) is 0 Å². The van der Waals surface area contributed by atoms with Crippen molar-refractivity contribution in [3.8, 4) is 11.3 Å². The molecule has 8 heteroatoms. The molecule has 0 saturated heterocycles. The van der Waals surface area contributed by atoms with Crippen LogP contribution in [0.25, 0.3) is 11.3 Å². The summed E-state index contributed by atoms with van der Waals surface area (Å²) >= 11 is 1.18. The number of halogens is 3. The zero-order valence-corrected chi connectivity index (χ0v) is 14.1. The first kappa shape index (κ1) is 18.3. The van der Waals surface area contributed by atoms with E-state index in [1.807, 2.05) is 0 Å². The Balaban J connectivity index is 2.78. The number of aryl methyl sites for hydroxylation is 1. The maximum atomic E-state index is 13.3. The fourth-order valence-corrected chi connectivity index (χ4v) is 2.63. The first-order chi connectivity index (χ1) is 11.3. The molecule has 0 amide bonds. The Morgan fingerprint density at radius 3 is 2.50 bits per heavy atom. The highest BCUT2D eigenvalue weighted by Crippen LogP contribution is 2.38. The van der Waals surface area contributed by atoms with E-state index in [4.69, 9.17) is 4.74 Å². The maximum Gasteiger partial charge on any atom is 0.417 e. The molecule has 0 radical (unpaired) electrons. The summed E-state index contributed by atoms with van der Waals surface area (Å²) in [5, 5.41) is 0.285. The Hall–Kier alpha value is -2.09. The summed E-state index contributed by atoms with van der Waals surface area (Å²) in [6.45, 7) is 3.27. The van der Waals surface area contributed by atoms with Crippen LogP contribution in [0.4, 0.5) is 13.2 Å². The van der Waals surface area contributed by atoms with Crippen LogP contribution >= 0.6 is 11.8 Å². The van der Waals surface area contributed by atoms with Crippen LogP contribution in [0.3, 0.4) is 0 Å². The molecule has 0 saturated carbocycles. The van der Waals surface area contributed by atoms with Crippen molar-refractivity contribution in [2.45, 2.75) is 25.2 Å². The van der Waals surface area contributed by atoms with Gasteiger partial charge in [0.15, 0.2) is 5.16 Å². The van der Waals surface area contributed by atoms with Crippen molar-refractivity contribution in [1.29, 1.82) is 0 Å². The van der Waals surface area contributed by atoms with E-state index in [9.17, 15) is 18.0 Å². The summed E-state index contributed by atoms with van der Waals surface area (Å²) in [5.41, 5.74) is -0.876. The number of thioether (sulfide) groups is 1. The third kappa shape index (κ3) is 3.69. The standard InChI is InChI=1S/C16H15F3N2O2S/c1-4-23-14(22)12-9(2)20-15(24-3)21-13(12)10-7-5-6-8-11(10)16(17,18)19/h5-8H,4H2,1-3H3. The van der Waals surface area contributed by atoms with Crippen molar-refractivity contribution < 1.29 is 22.7 Å². The molecular weight excluding hydrogens is 341 g/mol. The van der Waals surface area contributed by atoms with Gasteiger partial charge in [-0.1, -0.05) is 30.0 Å². The minimum atomic E-state index is -4.57. The Morgan fingerprint density at radius 1 is 1.25 bits per heavy atom. The largest absolute Gasteiger partial charge is 0.462 e. The van der Waals surface area contributed by atoms with Crippen molar-refractivity contribution in [3.05, 3.63) is 41.1 Å². The highest BCUT2D eigenvalue weighted by Gasteiger charge is 2.35. The van der Waals surface area contributed by atoms with Crippen molar-refractivity contribution in [3.63, 3.8) is 0 Å². The Labute approximate surface area is 141 Å². The molecule has 0 aliphatic rings. The first-order valence-electron chi connectivity index (χ1n) is 7.06. The summed E-state index contributed by atoms with van der Waals surface area (Å²) in [7, 11) is 0. The zero-order valence-electron chi connectivity index (χ0n) is 13.3. The van der Waals surface area contributed by atoms with E-state index in [0.29, 0.717) is 0 Å². The molecule has 1 heterocycles. The molecule has 24 heavy (non-hydrogen) atoms. The van der Waals surface area contributed by atoms with Gasteiger partial charge in [0.2, 0.25) is 0 Å². The molecule has 0 fully saturated rings. The molecule has 1 aromatic heterocycles. The van der Waals surface area contributed by atoms with Gasteiger partial charge in [0.1, 0.15) is 5.56 Å². The number of nitrogens with zero attached hydrogens (tertiary/aromatic N) is 2. The molecule has 0 aliphatic carbocycles. The van der Waals surface area contributed by atoms with Crippen molar-refractivity contribution in [1.82, 2.24) is 9.97 Å². The van der Waals surface area contributed by atoms with Crippen molar-refractivity contribution in [2.24, 2.45) is 0 Å². The molecule has 1 aromatic carbocycles. The minimum Gasteiger partial charge on any atom is -0.462 e. The van der Waals surface area contributed by atoms with Crippen LogP contribution in [0, 0.1) is 6.92 Å². The average Bonchev–Trinajstić information content (AvgIpc) is 2.53. The quantitative estimate of drug-likeness (QED) is 0.463. The summed E-state index contributed by atoms with van der Waals surface area (Å²) in [6.07, 6.45) is -2.86. The van der Waals surface area contributed by atoms with Gasteiger partial charge < -0.3 is 4.74 Å². The number of hydrogen-bond acceptors (Lipinski definition) is 5. The fraction of sp³-hybridized carbons (Fsp3) is 0.312. The first-order valence-corrected chi connectivity index (χ1v) is 8.28. The second-order valence-electron chi connectivity index (χ2n) is 4.78. The van der Waals surface area contributed by atoms with Gasteiger partial charge in [-0.15, -0.1) is 0 Å². The number of esters is 1. The third-order valence-electron chi connectivity index (χ3n) is 3.22. The molecule has 0 spiro atoms. The van der Waals surface area contributed by atoms with Crippen LogP contribution in [0.5, 0.6) is 0 Å². The monoisotopic (exact) mass is 356 g/mol. The number of carbonyl (C=O) groups excluding carboxylic acids is 1. The molecular formula is C16H15F3N2O2S. The smallest absolute Gasteiger partial charge is 0.417 e. The van der Waals surface area contributed by atoms with Gasteiger partial charge in [0, 0.05) is 5.56 Å². The number of hydrogen-bond donors (Lipinski definition) is 0. The van der Waals surface area contributed by atoms with Crippen LogP contribution in [0.2, 0.25) is 0 Å². The molecule has 0 unspecified atom stereocenters. The highest BCUT2D eigenvalue weighted by atomic mass is 32.2. The Morgan fingerprint density at radius 2 is 1.92 bits per heavy atom. The van der Waals surface area contributed by atoms with E-state index < -0.39 is 17.7 Å². The van der Waals surface area contributed by atoms with Crippen molar-refractivity contribution >= 4 is 17.7 Å². The van der Waals surface area contributed by atoms with E-state index in [0.717, 1.165) is 6.07 Å². The van der Waals surface area contributed by atoms with Crippen LogP contribution in [0.15, 0.2) is 29.4 Å². The molecule has 4 nitrogen and oxygen atoms in total. The number of aromatic nitrogens is 2. The average molecular weight is 356 g/mol. The lowest BCUT2D eigenvalue weighted by Crippen LogP contribution is -2.14. The number of alkyl halides is 3.